The van der Waals surface area contributed by atoms with Crippen molar-refractivity contribution in [1.29, 1.82) is 0 Å². The molecule has 0 aromatic carbocycles. The number of aliphatic hydroxyl groups excluding tert-OH is 1. The first-order valence-corrected chi connectivity index (χ1v) is 4.81. The zero-order valence-electron chi connectivity index (χ0n) is 3.66. The maximum Gasteiger partial charge on any atom is 0.0831 e. The highest BCUT2D eigenvalue weighted by atomic mass is 33.1. The summed E-state index contributed by atoms with van der Waals surface area (Å²) in [5.74, 6) is 1.11. The smallest absolute Gasteiger partial charge is 0.0831 e. The van der Waals surface area contributed by atoms with Crippen LogP contribution in [0.3, 0.4) is 0 Å². The van der Waals surface area contributed by atoms with Gasteiger partial charge in [-0.3, -0.25) is 0 Å². The fourth-order valence-corrected chi connectivity index (χ4v) is 3.20. The van der Waals surface area contributed by atoms with Gasteiger partial charge >= 0.3 is 0 Å². The molecule has 0 amide bonds. The molecule has 1 unspecified atom stereocenters. The molecule has 1 aliphatic heterocycles. The molecule has 0 radical (unpaired) electrons. The Balaban J connectivity index is 2.40. The Morgan fingerprint density at radius 2 is 2.57 bits per heavy atom. The fourth-order valence-electron chi connectivity index (χ4n) is 0.408. The largest absolute Gasteiger partial charge is 0.391 e. The van der Waals surface area contributed by atoms with Gasteiger partial charge in [-0.15, -0.1) is 0 Å². The van der Waals surface area contributed by atoms with Crippen LogP contribution in [0.1, 0.15) is 0 Å². The molecule has 0 bridgehead atoms. The maximum atomic E-state index is 10.4. The van der Waals surface area contributed by atoms with Crippen molar-refractivity contribution in [3.8, 4) is 0 Å². The van der Waals surface area contributed by atoms with Crippen molar-refractivity contribution in [3.05, 3.63) is 0 Å². The van der Waals surface area contributed by atoms with Gasteiger partial charge in [-0.05, 0) is 0 Å². The van der Waals surface area contributed by atoms with Crippen molar-refractivity contribution in [2.45, 2.75) is 6.10 Å². The Morgan fingerprint density at radius 3 is 2.71 bits per heavy atom. The first-order valence-electron chi connectivity index (χ1n) is 1.99. The van der Waals surface area contributed by atoms with E-state index in [0.717, 1.165) is 0 Å². The summed E-state index contributed by atoms with van der Waals surface area (Å²) in [5, 5.41) is 8.69. The Kier molecular flexibility index (Phi) is 1.72. The molecule has 4 heteroatoms. The summed E-state index contributed by atoms with van der Waals surface area (Å²) >= 11 is 0. The van der Waals surface area contributed by atoms with Crippen LogP contribution in [0.4, 0.5) is 0 Å². The van der Waals surface area contributed by atoms with Crippen molar-refractivity contribution in [2.75, 3.05) is 11.5 Å². The quantitative estimate of drug-likeness (QED) is 0.469. The van der Waals surface area contributed by atoms with Crippen LogP contribution < -0.4 is 0 Å². The molecule has 1 rings (SSSR count). The van der Waals surface area contributed by atoms with Crippen LogP contribution in [-0.4, -0.2) is 26.9 Å². The summed E-state index contributed by atoms with van der Waals surface area (Å²) < 4.78 is 10.4. The molecule has 1 aliphatic rings. The molecule has 7 heavy (non-hydrogen) atoms. The van der Waals surface area contributed by atoms with E-state index in [-0.39, 0.29) is 6.10 Å². The van der Waals surface area contributed by atoms with Crippen LogP contribution in [0.25, 0.3) is 0 Å². The lowest BCUT2D eigenvalue weighted by molar-refractivity contribution is 0.226. The first kappa shape index (κ1) is 5.59. The van der Waals surface area contributed by atoms with Crippen LogP contribution >= 0.6 is 10.8 Å². The fraction of sp³-hybridized carbons (Fsp3) is 1.00. The Morgan fingerprint density at radius 1 is 1.86 bits per heavy atom. The van der Waals surface area contributed by atoms with Crippen LogP contribution in [0.5, 0.6) is 0 Å². The molecule has 0 aliphatic carbocycles. The summed E-state index contributed by atoms with van der Waals surface area (Å²) in [5.41, 5.74) is 0. The molecule has 2 atom stereocenters. The normalized spacial score (nSPS) is 41.9. The number of hydrogen-bond acceptors (Lipinski definition) is 3. The van der Waals surface area contributed by atoms with Crippen molar-refractivity contribution in [2.24, 2.45) is 0 Å². The monoisotopic (exact) mass is 138 g/mol. The van der Waals surface area contributed by atoms with Crippen LogP contribution in [-0.2, 0) is 9.83 Å². The Bertz CT molecular complexity index is 92.9. The summed E-state index contributed by atoms with van der Waals surface area (Å²) in [6, 6.07) is 0. The summed E-state index contributed by atoms with van der Waals surface area (Å²) in [6.45, 7) is 0. The minimum Gasteiger partial charge on any atom is -0.391 e. The summed E-state index contributed by atoms with van der Waals surface area (Å²) in [4.78, 5) is 0. The summed E-state index contributed by atoms with van der Waals surface area (Å²) in [7, 11) is 0.541. The second-order valence-corrected chi connectivity index (χ2v) is 4.74. The van der Waals surface area contributed by atoms with E-state index < -0.39 is 9.83 Å². The minimum atomic E-state index is -0.786. The Hall–Kier alpha value is 0.460. The van der Waals surface area contributed by atoms with Gasteiger partial charge in [0.1, 0.15) is 0 Å². The molecule has 0 aromatic rings. The van der Waals surface area contributed by atoms with Gasteiger partial charge in [0.2, 0.25) is 0 Å². The average Bonchev–Trinajstić information content (AvgIpc) is 1.87. The third-order valence-electron chi connectivity index (χ3n) is 0.720. The van der Waals surface area contributed by atoms with Gasteiger partial charge in [-0.25, -0.2) is 4.21 Å². The molecule has 0 aromatic heterocycles. The minimum absolute atomic E-state index is 0.314. The van der Waals surface area contributed by atoms with E-state index in [9.17, 15) is 4.21 Å². The van der Waals surface area contributed by atoms with Gasteiger partial charge in [0, 0.05) is 5.75 Å². The second-order valence-electron chi connectivity index (χ2n) is 1.41. The highest BCUT2D eigenvalue weighted by Gasteiger charge is 2.18. The molecular weight excluding hydrogens is 132 g/mol. The van der Waals surface area contributed by atoms with E-state index in [1.54, 1.807) is 0 Å². The molecule has 1 N–H and O–H groups in total. The van der Waals surface area contributed by atoms with Gasteiger partial charge in [0.05, 0.1) is 21.7 Å². The van der Waals surface area contributed by atoms with Crippen LogP contribution in [0.15, 0.2) is 0 Å². The van der Waals surface area contributed by atoms with Crippen molar-refractivity contribution in [1.82, 2.24) is 0 Å². The zero-order chi connectivity index (χ0) is 5.28. The molecule has 0 saturated carbocycles. The van der Waals surface area contributed by atoms with Crippen molar-refractivity contribution >= 4 is 20.6 Å². The highest BCUT2D eigenvalue weighted by molar-refractivity contribution is 8.69. The summed E-state index contributed by atoms with van der Waals surface area (Å²) in [6.07, 6.45) is -0.314. The molecule has 42 valence electrons. The van der Waals surface area contributed by atoms with Crippen molar-refractivity contribution in [3.63, 3.8) is 0 Å². The van der Waals surface area contributed by atoms with E-state index in [0.29, 0.717) is 11.5 Å². The van der Waals surface area contributed by atoms with E-state index in [1.165, 1.54) is 10.8 Å². The average molecular weight is 138 g/mol. The molecule has 2 nitrogen and oxygen atoms in total. The van der Waals surface area contributed by atoms with Crippen LogP contribution in [0.2, 0.25) is 0 Å². The van der Waals surface area contributed by atoms with Gasteiger partial charge in [0.15, 0.2) is 0 Å². The molecule has 1 saturated heterocycles. The van der Waals surface area contributed by atoms with Gasteiger partial charge in [-0.1, -0.05) is 10.8 Å². The number of hydrogen-bond donors (Lipinski definition) is 1. The molecule has 0 spiro atoms. The maximum absolute atomic E-state index is 10.4. The lowest BCUT2D eigenvalue weighted by atomic mass is 10.5. The third kappa shape index (κ3) is 1.44. The SMILES string of the molecule is O=S1C[C@@H](O)CS1. The topological polar surface area (TPSA) is 37.3 Å². The van der Waals surface area contributed by atoms with E-state index in [1.807, 2.05) is 0 Å². The van der Waals surface area contributed by atoms with Gasteiger partial charge in [-0.2, -0.15) is 0 Å². The van der Waals surface area contributed by atoms with E-state index >= 15 is 0 Å². The van der Waals surface area contributed by atoms with E-state index in [2.05, 4.69) is 0 Å². The molecule has 1 heterocycles. The lowest BCUT2D eigenvalue weighted by Crippen LogP contribution is -2.07. The predicted octanol–water partition coefficient (Wildman–Crippen LogP) is -0.242. The molecular formula is C3H6O2S2. The van der Waals surface area contributed by atoms with Crippen LogP contribution in [0, 0.1) is 0 Å². The predicted molar refractivity (Wildman–Crippen MR) is 31.5 cm³/mol. The third-order valence-corrected chi connectivity index (χ3v) is 3.77. The number of aliphatic hydroxyl groups is 1. The van der Waals surface area contributed by atoms with E-state index in [4.69, 9.17) is 5.11 Å². The zero-order valence-corrected chi connectivity index (χ0v) is 5.30. The van der Waals surface area contributed by atoms with Gasteiger partial charge in [0.25, 0.3) is 0 Å². The molecule has 1 fully saturated rings. The van der Waals surface area contributed by atoms with Crippen molar-refractivity contribution < 1.29 is 9.32 Å². The standard InChI is InChI=1S/C3H6O2S2/c4-3-1-6-7(5)2-3/h3-4H,1-2H2/t3-,7?/m0/s1. The first-order chi connectivity index (χ1) is 3.29. The lowest BCUT2D eigenvalue weighted by Gasteiger charge is -1.88. The Labute approximate surface area is 48.2 Å². The van der Waals surface area contributed by atoms with Gasteiger partial charge < -0.3 is 5.11 Å². The highest BCUT2D eigenvalue weighted by Crippen LogP contribution is 2.18. The second kappa shape index (κ2) is 2.15. The number of rotatable bonds is 0.